The highest BCUT2D eigenvalue weighted by Gasteiger charge is 2.15. The zero-order chi connectivity index (χ0) is 20.1. The maximum atomic E-state index is 12.7. The topological polar surface area (TPSA) is 84.2 Å². The average Bonchev–Trinajstić information content (AvgIpc) is 2.98. The Morgan fingerprint density at radius 3 is 2.50 bits per heavy atom. The van der Waals surface area contributed by atoms with Crippen LogP contribution in [0.2, 0.25) is 0 Å². The standard InChI is InChI=1S/C22H23N3O3/c1-14-7-6-8-17(13-14)23-22(27)19-9-4-5-10-20(19)24-21(26)12-11-18-15(2)25-28-16(18)3/h4-10,13H,11-12H2,1-3H3,(H,23,27)(H,24,26). The monoisotopic (exact) mass is 377 g/mol. The van der Waals surface area contributed by atoms with Gasteiger partial charge in [-0.15, -0.1) is 0 Å². The van der Waals surface area contributed by atoms with Crippen molar-refractivity contribution in [1.82, 2.24) is 5.16 Å². The first-order chi connectivity index (χ1) is 13.4. The Kier molecular flexibility index (Phi) is 5.89. The second kappa shape index (κ2) is 8.52. The lowest BCUT2D eigenvalue weighted by molar-refractivity contribution is -0.116. The van der Waals surface area contributed by atoms with E-state index in [0.29, 0.717) is 23.4 Å². The minimum absolute atomic E-state index is 0.171. The maximum absolute atomic E-state index is 12.7. The summed E-state index contributed by atoms with van der Waals surface area (Å²) in [4.78, 5) is 25.1. The fourth-order valence-corrected chi connectivity index (χ4v) is 3.02. The van der Waals surface area contributed by atoms with Crippen LogP contribution in [0.1, 0.15) is 39.4 Å². The molecule has 0 saturated carbocycles. The molecule has 0 radical (unpaired) electrons. The lowest BCUT2D eigenvalue weighted by Gasteiger charge is -2.12. The number of aryl methyl sites for hydroxylation is 3. The summed E-state index contributed by atoms with van der Waals surface area (Å²) < 4.78 is 5.13. The first kappa shape index (κ1) is 19.4. The first-order valence-corrected chi connectivity index (χ1v) is 9.12. The van der Waals surface area contributed by atoms with Crippen molar-refractivity contribution in [1.29, 1.82) is 0 Å². The highest BCUT2D eigenvalue weighted by Crippen LogP contribution is 2.19. The summed E-state index contributed by atoms with van der Waals surface area (Å²) in [6, 6.07) is 14.5. The molecule has 0 atom stereocenters. The van der Waals surface area contributed by atoms with Crippen LogP contribution in [0.3, 0.4) is 0 Å². The molecule has 6 nitrogen and oxygen atoms in total. The van der Waals surface area contributed by atoms with E-state index in [4.69, 9.17) is 4.52 Å². The zero-order valence-corrected chi connectivity index (χ0v) is 16.2. The van der Waals surface area contributed by atoms with Crippen molar-refractivity contribution in [3.8, 4) is 0 Å². The number of carbonyl (C=O) groups is 2. The largest absolute Gasteiger partial charge is 0.361 e. The van der Waals surface area contributed by atoms with E-state index in [9.17, 15) is 9.59 Å². The van der Waals surface area contributed by atoms with Crippen LogP contribution in [0.4, 0.5) is 11.4 Å². The first-order valence-electron chi connectivity index (χ1n) is 9.12. The number of rotatable bonds is 6. The minimum atomic E-state index is -0.271. The lowest BCUT2D eigenvalue weighted by Crippen LogP contribution is -2.18. The van der Waals surface area contributed by atoms with E-state index in [1.165, 1.54) is 0 Å². The molecule has 1 heterocycles. The summed E-state index contributed by atoms with van der Waals surface area (Å²) in [6.45, 7) is 5.65. The van der Waals surface area contributed by atoms with E-state index in [1.807, 2.05) is 45.0 Å². The third kappa shape index (κ3) is 4.65. The van der Waals surface area contributed by atoms with Crippen LogP contribution in [0.25, 0.3) is 0 Å². The molecule has 144 valence electrons. The molecule has 2 amide bonds. The fourth-order valence-electron chi connectivity index (χ4n) is 3.02. The van der Waals surface area contributed by atoms with Gasteiger partial charge in [0.2, 0.25) is 5.91 Å². The van der Waals surface area contributed by atoms with Crippen LogP contribution in [-0.4, -0.2) is 17.0 Å². The van der Waals surface area contributed by atoms with Crippen LogP contribution in [-0.2, 0) is 11.2 Å². The van der Waals surface area contributed by atoms with Crippen molar-refractivity contribution in [2.24, 2.45) is 0 Å². The van der Waals surface area contributed by atoms with Gasteiger partial charge in [-0.05, 0) is 57.0 Å². The highest BCUT2D eigenvalue weighted by atomic mass is 16.5. The van der Waals surface area contributed by atoms with Crippen LogP contribution in [0, 0.1) is 20.8 Å². The number of hydrogen-bond donors (Lipinski definition) is 2. The van der Waals surface area contributed by atoms with Gasteiger partial charge in [-0.2, -0.15) is 0 Å². The molecule has 0 saturated heterocycles. The summed E-state index contributed by atoms with van der Waals surface area (Å²) in [7, 11) is 0. The number of nitrogens with zero attached hydrogens (tertiary/aromatic N) is 1. The third-order valence-electron chi connectivity index (χ3n) is 4.50. The number of benzene rings is 2. The Labute approximate surface area is 163 Å². The van der Waals surface area contributed by atoms with Gasteiger partial charge >= 0.3 is 0 Å². The van der Waals surface area contributed by atoms with Crippen LogP contribution < -0.4 is 10.6 Å². The highest BCUT2D eigenvalue weighted by molar-refractivity contribution is 6.10. The quantitative estimate of drug-likeness (QED) is 0.666. The normalized spacial score (nSPS) is 10.5. The van der Waals surface area contributed by atoms with Gasteiger partial charge in [0, 0.05) is 17.7 Å². The van der Waals surface area contributed by atoms with Gasteiger partial charge in [-0.3, -0.25) is 9.59 Å². The molecule has 0 aliphatic rings. The molecule has 28 heavy (non-hydrogen) atoms. The summed E-state index contributed by atoms with van der Waals surface area (Å²) in [5.41, 5.74) is 4.40. The number of para-hydroxylation sites is 1. The van der Waals surface area contributed by atoms with Gasteiger partial charge in [0.25, 0.3) is 5.91 Å². The van der Waals surface area contributed by atoms with Crippen molar-refractivity contribution in [3.05, 3.63) is 76.7 Å². The molecule has 0 spiro atoms. The lowest BCUT2D eigenvalue weighted by atomic mass is 10.1. The molecular formula is C22H23N3O3. The fraction of sp³-hybridized carbons (Fsp3) is 0.227. The Balaban J connectivity index is 1.67. The predicted octanol–water partition coefficient (Wildman–Crippen LogP) is 4.42. The molecule has 0 bridgehead atoms. The Morgan fingerprint density at radius 2 is 1.79 bits per heavy atom. The molecule has 3 aromatic rings. The third-order valence-corrected chi connectivity index (χ3v) is 4.50. The number of anilines is 2. The Bertz CT molecular complexity index is 988. The Hall–Kier alpha value is -3.41. The summed E-state index contributed by atoms with van der Waals surface area (Å²) >= 11 is 0. The number of amides is 2. The van der Waals surface area contributed by atoms with Crippen molar-refractivity contribution >= 4 is 23.2 Å². The molecule has 1 aromatic heterocycles. The molecule has 3 rings (SSSR count). The average molecular weight is 377 g/mol. The molecule has 2 N–H and O–H groups in total. The number of aromatic nitrogens is 1. The molecule has 6 heteroatoms. The summed E-state index contributed by atoms with van der Waals surface area (Å²) in [5, 5.41) is 9.61. The second-order valence-electron chi connectivity index (χ2n) is 6.72. The van der Waals surface area contributed by atoms with E-state index >= 15 is 0 Å². The van der Waals surface area contributed by atoms with Crippen molar-refractivity contribution in [3.63, 3.8) is 0 Å². The van der Waals surface area contributed by atoms with Gasteiger partial charge in [-0.25, -0.2) is 0 Å². The molecule has 0 aliphatic heterocycles. The smallest absolute Gasteiger partial charge is 0.257 e. The predicted molar refractivity (Wildman–Crippen MR) is 109 cm³/mol. The number of carbonyl (C=O) groups excluding carboxylic acids is 2. The van der Waals surface area contributed by atoms with E-state index in [0.717, 1.165) is 22.6 Å². The number of hydrogen-bond acceptors (Lipinski definition) is 4. The van der Waals surface area contributed by atoms with Crippen LogP contribution in [0.15, 0.2) is 53.1 Å². The van der Waals surface area contributed by atoms with Crippen molar-refractivity contribution in [2.75, 3.05) is 10.6 Å². The SMILES string of the molecule is Cc1cccc(NC(=O)c2ccccc2NC(=O)CCc2c(C)noc2C)c1. The van der Waals surface area contributed by atoms with Crippen molar-refractivity contribution in [2.45, 2.75) is 33.6 Å². The van der Waals surface area contributed by atoms with E-state index < -0.39 is 0 Å². The van der Waals surface area contributed by atoms with Gasteiger partial charge in [0.05, 0.1) is 16.9 Å². The molecule has 2 aromatic carbocycles. The minimum Gasteiger partial charge on any atom is -0.361 e. The summed E-state index contributed by atoms with van der Waals surface area (Å²) in [5.74, 6) is 0.284. The van der Waals surface area contributed by atoms with E-state index in [1.54, 1.807) is 24.3 Å². The van der Waals surface area contributed by atoms with Gasteiger partial charge in [0.15, 0.2) is 0 Å². The molecule has 0 unspecified atom stereocenters. The van der Waals surface area contributed by atoms with Gasteiger partial charge in [-0.1, -0.05) is 29.4 Å². The maximum Gasteiger partial charge on any atom is 0.257 e. The van der Waals surface area contributed by atoms with Gasteiger partial charge in [0.1, 0.15) is 5.76 Å². The van der Waals surface area contributed by atoms with Crippen LogP contribution >= 0.6 is 0 Å². The Morgan fingerprint density at radius 1 is 1.00 bits per heavy atom. The molecular weight excluding hydrogens is 354 g/mol. The number of nitrogens with one attached hydrogen (secondary N) is 2. The van der Waals surface area contributed by atoms with E-state index in [-0.39, 0.29) is 18.2 Å². The molecule has 0 fully saturated rings. The summed E-state index contributed by atoms with van der Waals surface area (Å²) in [6.07, 6.45) is 0.807. The van der Waals surface area contributed by atoms with Gasteiger partial charge < -0.3 is 15.2 Å². The van der Waals surface area contributed by atoms with Crippen LogP contribution in [0.5, 0.6) is 0 Å². The van der Waals surface area contributed by atoms with E-state index in [2.05, 4.69) is 15.8 Å². The van der Waals surface area contributed by atoms with Crippen molar-refractivity contribution < 1.29 is 14.1 Å². The zero-order valence-electron chi connectivity index (χ0n) is 16.2. The second-order valence-corrected chi connectivity index (χ2v) is 6.72. The molecule has 0 aliphatic carbocycles.